The molecule has 15 heavy (non-hydrogen) atoms. The molecule has 0 spiro atoms. The number of hydrogen-bond acceptors (Lipinski definition) is 3. The highest BCUT2D eigenvalue weighted by Gasteiger charge is 2.15. The minimum absolute atomic E-state index is 0.127. The lowest BCUT2D eigenvalue weighted by Crippen LogP contribution is -1.96. The molecule has 0 aliphatic rings. The molecule has 5 heteroatoms. The second-order valence-corrected chi connectivity index (χ2v) is 3.00. The third kappa shape index (κ3) is 1.46. The lowest BCUT2D eigenvalue weighted by Gasteiger charge is -2.02. The van der Waals surface area contributed by atoms with Crippen LogP contribution in [0.5, 0.6) is 0 Å². The Morgan fingerprint density at radius 1 is 1.40 bits per heavy atom. The van der Waals surface area contributed by atoms with E-state index in [2.05, 4.69) is 10.3 Å². The van der Waals surface area contributed by atoms with Crippen LogP contribution in [0, 0.1) is 17.1 Å². The molecule has 74 valence electrons. The van der Waals surface area contributed by atoms with Crippen molar-refractivity contribution < 1.29 is 4.39 Å². The zero-order valence-electron chi connectivity index (χ0n) is 7.98. The van der Waals surface area contributed by atoms with E-state index in [1.165, 1.54) is 10.7 Å². The number of benzene rings is 1. The number of aryl methyl sites for hydroxylation is 1. The summed E-state index contributed by atoms with van der Waals surface area (Å²) in [5.74, 6) is -0.389. The number of halogens is 1. The summed E-state index contributed by atoms with van der Waals surface area (Å²) < 4.78 is 14.9. The fourth-order valence-corrected chi connectivity index (χ4v) is 1.39. The Balaban J connectivity index is 2.70. The van der Waals surface area contributed by atoms with Crippen molar-refractivity contribution in [3.05, 3.63) is 35.8 Å². The van der Waals surface area contributed by atoms with E-state index in [-0.39, 0.29) is 11.5 Å². The van der Waals surface area contributed by atoms with Crippen molar-refractivity contribution in [1.29, 1.82) is 5.26 Å². The lowest BCUT2D eigenvalue weighted by molar-refractivity contribution is 0.627. The molecule has 2 rings (SSSR count). The van der Waals surface area contributed by atoms with Gasteiger partial charge in [-0.15, -0.1) is 5.10 Å². The van der Waals surface area contributed by atoms with E-state index in [9.17, 15) is 4.39 Å². The van der Waals surface area contributed by atoms with Crippen LogP contribution in [0.4, 0.5) is 4.39 Å². The summed E-state index contributed by atoms with van der Waals surface area (Å²) >= 11 is 0. The van der Waals surface area contributed by atoms with Crippen molar-refractivity contribution in [3.63, 3.8) is 0 Å². The van der Waals surface area contributed by atoms with Crippen LogP contribution in [0.25, 0.3) is 11.3 Å². The second kappa shape index (κ2) is 3.50. The molecule has 1 aromatic heterocycles. The van der Waals surface area contributed by atoms with Gasteiger partial charge in [-0.3, -0.25) is 0 Å². The van der Waals surface area contributed by atoms with Crippen molar-refractivity contribution >= 4 is 0 Å². The van der Waals surface area contributed by atoms with E-state index >= 15 is 0 Å². The van der Waals surface area contributed by atoms with Crippen LogP contribution in [-0.2, 0) is 7.05 Å². The molecule has 0 amide bonds. The van der Waals surface area contributed by atoms with Gasteiger partial charge in [0.1, 0.15) is 17.6 Å². The van der Waals surface area contributed by atoms with Gasteiger partial charge in [-0.1, -0.05) is 17.3 Å². The third-order valence-electron chi connectivity index (χ3n) is 2.06. The van der Waals surface area contributed by atoms with E-state index in [0.29, 0.717) is 11.3 Å². The predicted octanol–water partition coefficient (Wildman–Crippen LogP) is 1.49. The highest BCUT2D eigenvalue weighted by molar-refractivity contribution is 5.65. The summed E-state index contributed by atoms with van der Waals surface area (Å²) in [6.07, 6.45) is 0. The zero-order valence-corrected chi connectivity index (χ0v) is 7.98. The van der Waals surface area contributed by atoms with Gasteiger partial charge in [0.15, 0.2) is 5.69 Å². The van der Waals surface area contributed by atoms with Gasteiger partial charge < -0.3 is 0 Å². The standard InChI is InChI=1S/C10H7FN4/c1-15-10(9(6-12)13-14-15)7-4-2-3-5-8(7)11/h2-5H,1H3. The Morgan fingerprint density at radius 2 is 2.13 bits per heavy atom. The molecular weight excluding hydrogens is 195 g/mol. The van der Waals surface area contributed by atoms with E-state index < -0.39 is 0 Å². The molecule has 1 heterocycles. The molecule has 2 aromatic rings. The lowest BCUT2D eigenvalue weighted by atomic mass is 10.1. The average Bonchev–Trinajstić information content (AvgIpc) is 2.60. The Kier molecular flexibility index (Phi) is 2.18. The van der Waals surface area contributed by atoms with Crippen LogP contribution >= 0.6 is 0 Å². The van der Waals surface area contributed by atoms with E-state index in [0.717, 1.165) is 0 Å². The fourth-order valence-electron chi connectivity index (χ4n) is 1.39. The fraction of sp³-hybridized carbons (Fsp3) is 0.100. The SMILES string of the molecule is Cn1nnc(C#N)c1-c1ccccc1F. The molecule has 0 radical (unpaired) electrons. The molecule has 0 N–H and O–H groups in total. The summed E-state index contributed by atoms with van der Waals surface area (Å²) in [7, 11) is 1.62. The van der Waals surface area contributed by atoms with Gasteiger partial charge in [0.25, 0.3) is 0 Å². The Morgan fingerprint density at radius 3 is 2.80 bits per heavy atom. The molecule has 0 saturated heterocycles. The summed E-state index contributed by atoms with van der Waals surface area (Å²) in [6.45, 7) is 0. The van der Waals surface area contributed by atoms with Gasteiger partial charge in [-0.05, 0) is 12.1 Å². The van der Waals surface area contributed by atoms with Gasteiger partial charge in [0.05, 0.1) is 0 Å². The molecule has 0 unspecified atom stereocenters. The largest absolute Gasteiger partial charge is 0.246 e. The Bertz CT molecular complexity index is 539. The summed E-state index contributed by atoms with van der Waals surface area (Å²) in [5, 5.41) is 16.1. The molecule has 1 aromatic carbocycles. The first-order valence-electron chi connectivity index (χ1n) is 4.28. The van der Waals surface area contributed by atoms with Crippen molar-refractivity contribution in [3.8, 4) is 17.3 Å². The molecule has 0 saturated carbocycles. The second-order valence-electron chi connectivity index (χ2n) is 3.00. The van der Waals surface area contributed by atoms with Crippen molar-refractivity contribution in [1.82, 2.24) is 15.0 Å². The summed E-state index contributed by atoms with van der Waals surface area (Å²) in [5.41, 5.74) is 0.861. The van der Waals surface area contributed by atoms with Gasteiger partial charge in [0, 0.05) is 12.6 Å². The Hall–Kier alpha value is -2.22. The zero-order chi connectivity index (χ0) is 10.8. The van der Waals surface area contributed by atoms with Crippen LogP contribution in [0.3, 0.4) is 0 Å². The first kappa shape index (κ1) is 9.34. The van der Waals surface area contributed by atoms with E-state index in [1.54, 1.807) is 25.2 Å². The van der Waals surface area contributed by atoms with Gasteiger partial charge in [-0.25, -0.2) is 9.07 Å². The number of hydrogen-bond donors (Lipinski definition) is 0. The highest BCUT2D eigenvalue weighted by Crippen LogP contribution is 2.23. The van der Waals surface area contributed by atoms with Crippen LogP contribution in [0.15, 0.2) is 24.3 Å². The molecular formula is C10H7FN4. The molecule has 0 bridgehead atoms. The monoisotopic (exact) mass is 202 g/mol. The van der Waals surface area contributed by atoms with Crippen LogP contribution in [-0.4, -0.2) is 15.0 Å². The Labute approximate surface area is 85.6 Å². The number of aromatic nitrogens is 3. The minimum Gasteiger partial charge on any atom is -0.246 e. The number of rotatable bonds is 1. The van der Waals surface area contributed by atoms with Crippen LogP contribution in [0.1, 0.15) is 5.69 Å². The van der Waals surface area contributed by atoms with Crippen molar-refractivity contribution in [2.24, 2.45) is 7.05 Å². The maximum absolute atomic E-state index is 13.5. The maximum Gasteiger partial charge on any atom is 0.190 e. The predicted molar refractivity (Wildman–Crippen MR) is 51.1 cm³/mol. The van der Waals surface area contributed by atoms with E-state index in [1.807, 2.05) is 6.07 Å². The van der Waals surface area contributed by atoms with Crippen molar-refractivity contribution in [2.45, 2.75) is 0 Å². The smallest absolute Gasteiger partial charge is 0.190 e. The molecule has 0 aliphatic heterocycles. The van der Waals surface area contributed by atoms with Crippen molar-refractivity contribution in [2.75, 3.05) is 0 Å². The minimum atomic E-state index is -0.389. The average molecular weight is 202 g/mol. The van der Waals surface area contributed by atoms with E-state index in [4.69, 9.17) is 5.26 Å². The molecule has 0 fully saturated rings. The van der Waals surface area contributed by atoms with Crippen LogP contribution in [0.2, 0.25) is 0 Å². The molecule has 0 atom stereocenters. The quantitative estimate of drug-likeness (QED) is 0.704. The van der Waals surface area contributed by atoms with Crippen LogP contribution < -0.4 is 0 Å². The number of nitrogens with zero attached hydrogens (tertiary/aromatic N) is 4. The summed E-state index contributed by atoms with van der Waals surface area (Å²) in [4.78, 5) is 0. The first-order chi connectivity index (χ1) is 7.24. The normalized spacial score (nSPS) is 9.93. The van der Waals surface area contributed by atoms with Gasteiger partial charge >= 0.3 is 0 Å². The maximum atomic E-state index is 13.5. The molecule has 4 nitrogen and oxygen atoms in total. The first-order valence-corrected chi connectivity index (χ1v) is 4.28. The third-order valence-corrected chi connectivity index (χ3v) is 2.06. The summed E-state index contributed by atoms with van der Waals surface area (Å²) in [6, 6.07) is 8.10. The number of nitriles is 1. The van der Waals surface area contributed by atoms with Gasteiger partial charge in [-0.2, -0.15) is 5.26 Å². The highest BCUT2D eigenvalue weighted by atomic mass is 19.1. The topological polar surface area (TPSA) is 54.5 Å². The molecule has 0 aliphatic carbocycles. The van der Waals surface area contributed by atoms with Gasteiger partial charge in [0.2, 0.25) is 0 Å².